The summed E-state index contributed by atoms with van der Waals surface area (Å²) in [5, 5.41) is 6.03. The van der Waals surface area contributed by atoms with Crippen molar-refractivity contribution in [1.82, 2.24) is 20.6 Å². The van der Waals surface area contributed by atoms with Crippen molar-refractivity contribution in [3.63, 3.8) is 0 Å². The van der Waals surface area contributed by atoms with E-state index in [2.05, 4.69) is 27.5 Å². The van der Waals surface area contributed by atoms with Crippen LogP contribution in [-0.2, 0) is 5.41 Å². The van der Waals surface area contributed by atoms with Crippen LogP contribution < -0.4 is 16.4 Å². The fourth-order valence-electron chi connectivity index (χ4n) is 3.42. The fourth-order valence-corrected chi connectivity index (χ4v) is 3.42. The smallest absolute Gasteiger partial charge is 0.273 e. The van der Waals surface area contributed by atoms with Crippen LogP contribution in [0.5, 0.6) is 0 Å². The van der Waals surface area contributed by atoms with Gasteiger partial charge in [-0.1, -0.05) is 19.1 Å². The summed E-state index contributed by atoms with van der Waals surface area (Å²) in [6.07, 6.45) is 6.29. The van der Waals surface area contributed by atoms with Crippen LogP contribution in [0.3, 0.4) is 0 Å². The number of hydrogen-bond donors (Lipinski definition) is 3. The van der Waals surface area contributed by atoms with E-state index in [0.717, 1.165) is 31.4 Å². The fraction of sp³-hybridized carbons (Fsp3) is 0.450. The molecule has 1 amide bonds. The molecular weight excluding hydrogens is 345 g/mol. The maximum Gasteiger partial charge on any atom is 0.273 e. The van der Waals surface area contributed by atoms with Crippen molar-refractivity contribution < 1.29 is 9.18 Å². The lowest BCUT2D eigenvalue weighted by Crippen LogP contribution is -2.34. The first-order valence-electron chi connectivity index (χ1n) is 9.27. The van der Waals surface area contributed by atoms with Crippen LogP contribution in [0.1, 0.15) is 48.7 Å². The molecule has 146 valence electrons. The Balaban J connectivity index is 2.11. The molecule has 2 aromatic rings. The Morgan fingerprint density at radius 3 is 2.67 bits per heavy atom. The van der Waals surface area contributed by atoms with Crippen molar-refractivity contribution in [3.05, 3.63) is 53.7 Å². The van der Waals surface area contributed by atoms with E-state index in [0.29, 0.717) is 13.0 Å². The molecule has 6 nitrogen and oxygen atoms in total. The molecule has 0 aliphatic carbocycles. The summed E-state index contributed by atoms with van der Waals surface area (Å²) in [5.74, 6) is -0.480. The van der Waals surface area contributed by atoms with Gasteiger partial charge in [-0.3, -0.25) is 4.79 Å². The molecule has 0 radical (unpaired) electrons. The van der Waals surface area contributed by atoms with Gasteiger partial charge in [-0.15, -0.1) is 0 Å². The topological polar surface area (TPSA) is 92.9 Å². The van der Waals surface area contributed by atoms with Gasteiger partial charge in [-0.2, -0.15) is 0 Å². The summed E-state index contributed by atoms with van der Waals surface area (Å²) in [6, 6.07) is 6.77. The highest BCUT2D eigenvalue weighted by atomic mass is 19.1. The van der Waals surface area contributed by atoms with Gasteiger partial charge in [0.25, 0.3) is 5.91 Å². The van der Waals surface area contributed by atoms with Crippen LogP contribution in [0, 0.1) is 5.82 Å². The Morgan fingerprint density at radius 1 is 1.22 bits per heavy atom. The summed E-state index contributed by atoms with van der Waals surface area (Å²) in [4.78, 5) is 20.2. The molecule has 1 aromatic carbocycles. The molecule has 0 spiro atoms. The van der Waals surface area contributed by atoms with Crippen LogP contribution in [0.15, 0.2) is 36.7 Å². The van der Waals surface area contributed by atoms with Crippen LogP contribution in [-0.4, -0.2) is 36.0 Å². The van der Waals surface area contributed by atoms with Gasteiger partial charge < -0.3 is 16.4 Å². The van der Waals surface area contributed by atoms with E-state index < -0.39 is 0 Å². The number of anilines is 1. The van der Waals surface area contributed by atoms with Gasteiger partial charge in [0.15, 0.2) is 11.5 Å². The molecule has 0 aliphatic heterocycles. The lowest BCUT2D eigenvalue weighted by Gasteiger charge is -2.34. The van der Waals surface area contributed by atoms with Gasteiger partial charge in [0.05, 0.1) is 0 Å². The lowest BCUT2D eigenvalue weighted by atomic mass is 9.72. The molecule has 7 heteroatoms. The summed E-state index contributed by atoms with van der Waals surface area (Å²) in [5.41, 5.74) is 6.60. The van der Waals surface area contributed by atoms with Gasteiger partial charge in [0, 0.05) is 18.9 Å². The molecule has 1 unspecified atom stereocenters. The van der Waals surface area contributed by atoms with Crippen LogP contribution in [0.25, 0.3) is 0 Å². The largest absolute Gasteiger partial charge is 0.382 e. The Kier molecular flexibility index (Phi) is 7.67. The third-order valence-corrected chi connectivity index (χ3v) is 5.03. The maximum atomic E-state index is 13.8. The highest BCUT2D eigenvalue weighted by Crippen LogP contribution is 2.36. The number of nitrogens with two attached hydrogens (primary N) is 1. The Hall–Kier alpha value is -2.54. The number of halogens is 1. The number of amides is 1. The minimum absolute atomic E-state index is 0.107. The van der Waals surface area contributed by atoms with Crippen LogP contribution >= 0.6 is 0 Å². The summed E-state index contributed by atoms with van der Waals surface area (Å²) in [7, 11) is 1.92. The second-order valence-electron chi connectivity index (χ2n) is 6.65. The van der Waals surface area contributed by atoms with Crippen molar-refractivity contribution in [2.45, 2.75) is 38.0 Å². The van der Waals surface area contributed by atoms with Crippen LogP contribution in [0.2, 0.25) is 0 Å². The lowest BCUT2D eigenvalue weighted by molar-refractivity contribution is 0.0945. The molecule has 0 aliphatic rings. The SMILES string of the molecule is CCC(CCCNC)(CCNC(=O)c1nccnc1N)c1cccc(F)c1. The average Bonchev–Trinajstić information content (AvgIpc) is 2.67. The van der Waals surface area contributed by atoms with E-state index in [1.165, 1.54) is 18.5 Å². The first-order chi connectivity index (χ1) is 13.0. The Bertz CT molecular complexity index is 755. The zero-order chi connectivity index (χ0) is 19.7. The number of nitrogen functional groups attached to an aromatic ring is 1. The molecule has 0 saturated heterocycles. The molecule has 0 saturated carbocycles. The summed E-state index contributed by atoms with van der Waals surface area (Å²) in [6.45, 7) is 3.44. The monoisotopic (exact) mass is 373 g/mol. The van der Waals surface area contributed by atoms with Gasteiger partial charge in [-0.25, -0.2) is 14.4 Å². The first-order valence-corrected chi connectivity index (χ1v) is 9.27. The van der Waals surface area contributed by atoms with Crippen molar-refractivity contribution in [3.8, 4) is 0 Å². The number of rotatable bonds is 10. The molecule has 0 bridgehead atoms. The van der Waals surface area contributed by atoms with Gasteiger partial charge in [0.2, 0.25) is 0 Å². The summed E-state index contributed by atoms with van der Waals surface area (Å²) >= 11 is 0. The zero-order valence-corrected chi connectivity index (χ0v) is 16.0. The molecular formula is C20H28FN5O. The summed E-state index contributed by atoms with van der Waals surface area (Å²) < 4.78 is 13.8. The van der Waals surface area contributed by atoms with E-state index >= 15 is 0 Å². The average molecular weight is 373 g/mol. The number of nitrogens with one attached hydrogen (secondary N) is 2. The molecule has 2 rings (SSSR count). The normalized spacial score (nSPS) is 13.1. The van der Waals surface area contributed by atoms with Crippen molar-refractivity contribution >= 4 is 11.7 Å². The van der Waals surface area contributed by atoms with Crippen LogP contribution in [0.4, 0.5) is 10.2 Å². The maximum absolute atomic E-state index is 13.8. The number of aromatic nitrogens is 2. The third-order valence-electron chi connectivity index (χ3n) is 5.03. The number of nitrogens with zero attached hydrogens (tertiary/aromatic N) is 2. The van der Waals surface area contributed by atoms with E-state index in [1.807, 2.05) is 13.1 Å². The molecule has 0 fully saturated rings. The van der Waals surface area contributed by atoms with Crippen molar-refractivity contribution in [2.75, 3.05) is 25.9 Å². The Morgan fingerprint density at radius 2 is 2.00 bits per heavy atom. The highest BCUT2D eigenvalue weighted by molar-refractivity contribution is 5.96. The van der Waals surface area contributed by atoms with E-state index in [-0.39, 0.29) is 28.7 Å². The van der Waals surface area contributed by atoms with E-state index in [4.69, 9.17) is 5.73 Å². The van der Waals surface area contributed by atoms with Gasteiger partial charge in [-0.05, 0) is 62.4 Å². The highest BCUT2D eigenvalue weighted by Gasteiger charge is 2.30. The van der Waals surface area contributed by atoms with Gasteiger partial charge in [0.1, 0.15) is 5.82 Å². The van der Waals surface area contributed by atoms with E-state index in [1.54, 1.807) is 12.1 Å². The van der Waals surface area contributed by atoms with Gasteiger partial charge >= 0.3 is 0 Å². The number of carbonyl (C=O) groups excluding carboxylic acids is 1. The predicted octanol–water partition coefficient (Wildman–Crippen LogP) is 2.67. The number of carbonyl (C=O) groups is 1. The number of benzene rings is 1. The quantitative estimate of drug-likeness (QED) is 0.557. The molecule has 1 heterocycles. The van der Waals surface area contributed by atoms with Crippen molar-refractivity contribution in [1.29, 1.82) is 0 Å². The first kappa shape index (κ1) is 20.8. The molecule has 1 aromatic heterocycles. The number of hydrogen-bond acceptors (Lipinski definition) is 5. The molecule has 27 heavy (non-hydrogen) atoms. The Labute approximate surface area is 159 Å². The zero-order valence-electron chi connectivity index (χ0n) is 16.0. The minimum atomic E-state index is -0.347. The third kappa shape index (κ3) is 5.47. The second-order valence-corrected chi connectivity index (χ2v) is 6.65. The predicted molar refractivity (Wildman–Crippen MR) is 105 cm³/mol. The standard InChI is InChI=1S/C20H28FN5O/c1-3-20(8-5-10-23-2,15-6-4-7-16(21)14-15)9-11-26-19(27)17-18(22)25-13-12-24-17/h4,6-7,12-14,23H,3,5,8-11H2,1-2H3,(H2,22,25)(H,26,27). The minimum Gasteiger partial charge on any atom is -0.382 e. The van der Waals surface area contributed by atoms with E-state index in [9.17, 15) is 9.18 Å². The van der Waals surface area contributed by atoms with Crippen molar-refractivity contribution in [2.24, 2.45) is 0 Å². The second kappa shape index (κ2) is 9.97. The molecule has 4 N–H and O–H groups in total. The molecule has 1 atom stereocenters.